The topological polar surface area (TPSA) is 105 Å². The molecule has 0 aromatic rings. The molecule has 1 amide bonds. The molecule has 8 nitrogen and oxygen atoms in total. The third-order valence-electron chi connectivity index (χ3n) is 11.9. The van der Waals surface area contributed by atoms with E-state index in [1.54, 1.807) is 6.08 Å². The Morgan fingerprint density at radius 2 is 0.885 bits per heavy atom. The van der Waals surface area contributed by atoms with E-state index in [1.165, 1.54) is 193 Å². The molecule has 0 aliphatic rings. The van der Waals surface area contributed by atoms with Crippen LogP contribution < -0.4 is 5.32 Å². The van der Waals surface area contributed by atoms with Crippen molar-refractivity contribution < 1.29 is 32.9 Å². The van der Waals surface area contributed by atoms with Gasteiger partial charge in [-0.1, -0.05) is 224 Å². The van der Waals surface area contributed by atoms with Crippen LogP contribution in [0.2, 0.25) is 0 Å². The smallest absolute Gasteiger partial charge is 0.387 e. The number of unbranched alkanes of at least 4 members (excludes halogenated alkanes) is 33. The van der Waals surface area contributed by atoms with Crippen LogP contribution in [0, 0.1) is 0 Å². The minimum absolute atomic E-state index is 0.0620. The number of carbonyl (C=O) groups is 1. The molecular weight excluding hydrogens is 780 g/mol. The van der Waals surface area contributed by atoms with E-state index < -0.39 is 20.0 Å². The highest BCUT2D eigenvalue weighted by atomic mass is 31.2. The molecule has 0 saturated heterocycles. The number of nitrogens with one attached hydrogen (secondary N) is 1. The lowest BCUT2D eigenvalue weighted by Gasteiger charge is -2.25. The van der Waals surface area contributed by atoms with Gasteiger partial charge in [-0.3, -0.25) is 13.8 Å². The van der Waals surface area contributed by atoms with Crippen LogP contribution in [-0.4, -0.2) is 73.4 Å². The van der Waals surface area contributed by atoms with Gasteiger partial charge in [0.2, 0.25) is 5.91 Å². The van der Waals surface area contributed by atoms with Crippen LogP contribution in [0.5, 0.6) is 0 Å². The molecule has 3 atom stereocenters. The Kier molecular flexibility index (Phi) is 43.5. The van der Waals surface area contributed by atoms with E-state index in [-0.39, 0.29) is 19.1 Å². The zero-order valence-electron chi connectivity index (χ0n) is 41.2. The number of phosphoric ester groups is 1. The van der Waals surface area contributed by atoms with Gasteiger partial charge in [0.1, 0.15) is 13.2 Å². The van der Waals surface area contributed by atoms with Crippen LogP contribution in [0.15, 0.2) is 24.3 Å². The molecule has 0 spiro atoms. The molecule has 0 fully saturated rings. The Labute approximate surface area is 379 Å². The number of allylic oxidation sites excluding steroid dienone is 3. The molecule has 0 aromatic heterocycles. The van der Waals surface area contributed by atoms with Gasteiger partial charge in [-0.05, 0) is 44.9 Å². The lowest BCUT2D eigenvalue weighted by molar-refractivity contribution is -0.870. The summed E-state index contributed by atoms with van der Waals surface area (Å²) in [6.07, 6.45) is 54.0. The fraction of sp³-hybridized carbons (Fsp3) is 0.904. The number of likely N-dealkylation sites (N-methyl/N-ethyl adjacent to an activating group) is 1. The Balaban J connectivity index is 4.26. The van der Waals surface area contributed by atoms with E-state index in [1.807, 2.05) is 27.2 Å². The standard InChI is InChI=1S/C52H103N2O6P/c1-6-8-10-12-14-16-18-20-22-24-25-26-27-28-29-30-32-34-36-38-40-42-44-46-52(56)53-50(49-60-61(57,58)59-48-47-54(3,4)5)51(55)45-43-41-39-37-35-33-31-23-21-19-17-15-13-11-9-7-2/h28-29,43,45,50-51,55H,6-27,30-42,44,46-49H2,1-5H3,(H-,53,56,57,58)/p+1/b29-28-,45-43+. The largest absolute Gasteiger partial charge is 0.472 e. The first-order chi connectivity index (χ1) is 29.5. The van der Waals surface area contributed by atoms with E-state index in [9.17, 15) is 19.4 Å². The summed E-state index contributed by atoms with van der Waals surface area (Å²) >= 11 is 0. The van der Waals surface area contributed by atoms with Gasteiger partial charge in [-0.2, -0.15) is 0 Å². The van der Waals surface area contributed by atoms with Crippen molar-refractivity contribution in [2.24, 2.45) is 0 Å². The van der Waals surface area contributed by atoms with Crippen LogP contribution in [0.3, 0.4) is 0 Å². The molecular formula is C52H104N2O6P+. The maximum absolute atomic E-state index is 12.9. The van der Waals surface area contributed by atoms with Crippen molar-refractivity contribution in [1.29, 1.82) is 0 Å². The van der Waals surface area contributed by atoms with Crippen LogP contribution >= 0.6 is 7.82 Å². The number of phosphoric acid groups is 1. The molecule has 0 aromatic carbocycles. The quantitative estimate of drug-likeness (QED) is 0.0243. The van der Waals surface area contributed by atoms with Crippen LogP contribution in [0.4, 0.5) is 0 Å². The second-order valence-electron chi connectivity index (χ2n) is 19.3. The van der Waals surface area contributed by atoms with E-state index in [0.717, 1.165) is 38.5 Å². The second-order valence-corrected chi connectivity index (χ2v) is 20.7. The van der Waals surface area contributed by atoms with Crippen molar-refractivity contribution in [2.75, 3.05) is 40.9 Å². The normalized spacial score (nSPS) is 14.3. The van der Waals surface area contributed by atoms with Crippen LogP contribution in [-0.2, 0) is 18.4 Å². The minimum atomic E-state index is -4.34. The summed E-state index contributed by atoms with van der Waals surface area (Å²) in [5.74, 6) is -0.179. The number of aliphatic hydroxyl groups is 1. The van der Waals surface area contributed by atoms with Gasteiger partial charge in [0.15, 0.2) is 0 Å². The van der Waals surface area contributed by atoms with Crippen molar-refractivity contribution in [1.82, 2.24) is 5.32 Å². The first-order valence-electron chi connectivity index (χ1n) is 26.2. The second kappa shape index (κ2) is 44.2. The van der Waals surface area contributed by atoms with Gasteiger partial charge in [0.05, 0.1) is 39.9 Å². The van der Waals surface area contributed by atoms with E-state index in [2.05, 4.69) is 31.3 Å². The fourth-order valence-electron chi connectivity index (χ4n) is 7.74. The van der Waals surface area contributed by atoms with Crippen molar-refractivity contribution in [3.05, 3.63) is 24.3 Å². The fourth-order valence-corrected chi connectivity index (χ4v) is 8.48. The number of hydrogen-bond acceptors (Lipinski definition) is 5. The summed E-state index contributed by atoms with van der Waals surface area (Å²) in [6.45, 7) is 4.84. The van der Waals surface area contributed by atoms with Gasteiger partial charge in [0.25, 0.3) is 0 Å². The number of aliphatic hydroxyl groups excluding tert-OH is 1. The van der Waals surface area contributed by atoms with E-state index in [4.69, 9.17) is 9.05 Å². The molecule has 362 valence electrons. The number of quaternary nitrogens is 1. The molecule has 0 bridgehead atoms. The molecule has 3 N–H and O–H groups in total. The maximum atomic E-state index is 12.9. The number of rotatable bonds is 48. The Morgan fingerprint density at radius 1 is 0.541 bits per heavy atom. The summed E-state index contributed by atoms with van der Waals surface area (Å²) in [7, 11) is 1.58. The summed E-state index contributed by atoms with van der Waals surface area (Å²) in [5, 5.41) is 13.9. The van der Waals surface area contributed by atoms with Crippen molar-refractivity contribution >= 4 is 13.7 Å². The number of amides is 1. The molecule has 0 rings (SSSR count). The average Bonchev–Trinajstić information content (AvgIpc) is 3.21. The highest BCUT2D eigenvalue weighted by molar-refractivity contribution is 7.47. The molecule has 0 radical (unpaired) electrons. The summed E-state index contributed by atoms with van der Waals surface area (Å²) in [6, 6.07) is -0.846. The average molecular weight is 884 g/mol. The molecule has 0 aliphatic heterocycles. The van der Waals surface area contributed by atoms with Crippen LogP contribution in [0.25, 0.3) is 0 Å². The molecule has 61 heavy (non-hydrogen) atoms. The highest BCUT2D eigenvalue weighted by Crippen LogP contribution is 2.43. The number of nitrogens with zero attached hydrogens (tertiary/aromatic N) is 1. The van der Waals surface area contributed by atoms with Crippen molar-refractivity contribution in [3.63, 3.8) is 0 Å². The van der Waals surface area contributed by atoms with Crippen molar-refractivity contribution in [3.8, 4) is 0 Å². The zero-order valence-corrected chi connectivity index (χ0v) is 42.1. The highest BCUT2D eigenvalue weighted by Gasteiger charge is 2.27. The molecule has 0 aliphatic carbocycles. The van der Waals surface area contributed by atoms with Gasteiger partial charge < -0.3 is 19.8 Å². The van der Waals surface area contributed by atoms with Crippen molar-refractivity contribution in [2.45, 2.75) is 264 Å². The first kappa shape index (κ1) is 60.0. The SMILES string of the molecule is CCCCCCCCCCCCCC/C=C\CCCCCCCCCC(=O)NC(COP(=O)(O)OCC[N+](C)(C)C)C(O)/C=C/CCCCCCCCCCCCCCCC. The monoisotopic (exact) mass is 884 g/mol. The lowest BCUT2D eigenvalue weighted by atomic mass is 10.0. The van der Waals surface area contributed by atoms with E-state index >= 15 is 0 Å². The van der Waals surface area contributed by atoms with Gasteiger partial charge in [-0.25, -0.2) is 4.57 Å². The minimum Gasteiger partial charge on any atom is -0.387 e. The van der Waals surface area contributed by atoms with Gasteiger partial charge in [-0.15, -0.1) is 0 Å². The van der Waals surface area contributed by atoms with Gasteiger partial charge >= 0.3 is 7.82 Å². The Bertz CT molecular complexity index is 1050. The predicted molar refractivity (Wildman–Crippen MR) is 263 cm³/mol. The molecule has 0 saturated carbocycles. The van der Waals surface area contributed by atoms with E-state index in [0.29, 0.717) is 17.4 Å². The van der Waals surface area contributed by atoms with Gasteiger partial charge in [0, 0.05) is 6.42 Å². The Hall–Kier alpha value is -1.02. The molecule has 9 heteroatoms. The first-order valence-corrected chi connectivity index (χ1v) is 27.7. The zero-order chi connectivity index (χ0) is 45.0. The molecule has 0 heterocycles. The lowest BCUT2D eigenvalue weighted by Crippen LogP contribution is -2.45. The predicted octanol–water partition coefficient (Wildman–Crippen LogP) is 15.3. The Morgan fingerprint density at radius 3 is 1.26 bits per heavy atom. The third-order valence-corrected chi connectivity index (χ3v) is 12.9. The maximum Gasteiger partial charge on any atom is 0.472 e. The summed E-state index contributed by atoms with van der Waals surface area (Å²) in [4.78, 5) is 23.2. The summed E-state index contributed by atoms with van der Waals surface area (Å²) in [5.41, 5.74) is 0. The number of hydrogen-bond donors (Lipinski definition) is 3. The summed E-state index contributed by atoms with van der Waals surface area (Å²) < 4.78 is 23.6. The third kappa shape index (κ3) is 46.8. The van der Waals surface area contributed by atoms with Crippen LogP contribution in [0.1, 0.15) is 251 Å². The number of carbonyl (C=O) groups excluding carboxylic acids is 1. The molecule has 3 unspecified atom stereocenters.